The van der Waals surface area contributed by atoms with Crippen molar-refractivity contribution in [2.45, 2.75) is 12.6 Å². The first-order valence-electron chi connectivity index (χ1n) is 7.67. The van der Waals surface area contributed by atoms with Crippen LogP contribution in [0.25, 0.3) is 5.65 Å². The van der Waals surface area contributed by atoms with E-state index in [1.54, 1.807) is 6.33 Å². The van der Waals surface area contributed by atoms with Crippen molar-refractivity contribution >= 4 is 17.2 Å². The van der Waals surface area contributed by atoms with Crippen LogP contribution in [0.3, 0.4) is 0 Å². The van der Waals surface area contributed by atoms with Gasteiger partial charge in [0.15, 0.2) is 5.65 Å². The molecule has 1 aliphatic heterocycles. The lowest BCUT2D eigenvalue weighted by Gasteiger charge is -2.33. The lowest BCUT2D eigenvalue weighted by Crippen LogP contribution is -2.38. The topological polar surface area (TPSA) is 42.7 Å². The van der Waals surface area contributed by atoms with Gasteiger partial charge in [0, 0.05) is 24.7 Å². The summed E-state index contributed by atoms with van der Waals surface area (Å²) in [6.07, 6.45) is 1.67. The maximum Gasteiger partial charge on any atom is 0.155 e. The van der Waals surface area contributed by atoms with Crippen LogP contribution in [0.1, 0.15) is 17.4 Å². The van der Waals surface area contributed by atoms with Gasteiger partial charge in [-0.1, -0.05) is 29.8 Å². The third-order valence-electron chi connectivity index (χ3n) is 4.16. The Morgan fingerprint density at radius 1 is 1.17 bits per heavy atom. The van der Waals surface area contributed by atoms with Gasteiger partial charge in [-0.15, -0.1) is 0 Å². The summed E-state index contributed by atoms with van der Waals surface area (Å²) >= 11 is 5.96. The predicted octanol–water partition coefficient (Wildman–Crippen LogP) is 2.96. The summed E-state index contributed by atoms with van der Waals surface area (Å²) in [7, 11) is 0. The zero-order valence-corrected chi connectivity index (χ0v) is 13.4. The van der Waals surface area contributed by atoms with E-state index in [-0.39, 0.29) is 6.10 Å². The maximum atomic E-state index is 5.96. The smallest absolute Gasteiger partial charge is 0.155 e. The fourth-order valence-electron chi connectivity index (χ4n) is 2.98. The molecule has 4 rings (SSSR count). The molecule has 0 bridgehead atoms. The van der Waals surface area contributed by atoms with E-state index in [4.69, 9.17) is 16.3 Å². The van der Waals surface area contributed by atoms with Gasteiger partial charge in [-0.25, -0.2) is 9.50 Å². The van der Waals surface area contributed by atoms with Crippen LogP contribution in [-0.2, 0) is 11.3 Å². The molecule has 1 saturated heterocycles. The fraction of sp³-hybridized carbons (Fsp3) is 0.294. The Morgan fingerprint density at radius 3 is 2.91 bits per heavy atom. The van der Waals surface area contributed by atoms with Crippen molar-refractivity contribution in [3.8, 4) is 0 Å². The zero-order valence-electron chi connectivity index (χ0n) is 12.6. The quantitative estimate of drug-likeness (QED) is 0.741. The Labute approximate surface area is 139 Å². The molecule has 1 aliphatic rings. The van der Waals surface area contributed by atoms with E-state index >= 15 is 0 Å². The average Bonchev–Trinajstić information content (AvgIpc) is 3.06. The molecule has 2 aromatic heterocycles. The van der Waals surface area contributed by atoms with Crippen LogP contribution in [-0.4, -0.2) is 39.2 Å². The van der Waals surface area contributed by atoms with Crippen LogP contribution in [0.2, 0.25) is 5.02 Å². The van der Waals surface area contributed by atoms with Crippen molar-refractivity contribution in [1.29, 1.82) is 0 Å². The van der Waals surface area contributed by atoms with E-state index in [1.807, 2.05) is 40.9 Å². The van der Waals surface area contributed by atoms with Crippen molar-refractivity contribution in [2.75, 3.05) is 19.7 Å². The van der Waals surface area contributed by atoms with E-state index in [1.165, 1.54) is 0 Å². The molecule has 23 heavy (non-hydrogen) atoms. The molecule has 3 aromatic rings. The van der Waals surface area contributed by atoms with Crippen molar-refractivity contribution in [3.63, 3.8) is 0 Å². The van der Waals surface area contributed by atoms with Crippen molar-refractivity contribution < 1.29 is 4.74 Å². The van der Waals surface area contributed by atoms with Gasteiger partial charge in [0.1, 0.15) is 6.33 Å². The minimum atomic E-state index is 0.0796. The van der Waals surface area contributed by atoms with E-state index < -0.39 is 0 Å². The van der Waals surface area contributed by atoms with Crippen LogP contribution in [0, 0.1) is 0 Å². The number of nitrogens with zero attached hydrogens (tertiary/aromatic N) is 4. The number of ether oxygens (including phenoxy) is 1. The molecule has 0 spiro atoms. The molecule has 0 amide bonds. The highest BCUT2D eigenvalue weighted by molar-refractivity contribution is 6.30. The normalized spacial score (nSPS) is 19.3. The fourth-order valence-corrected chi connectivity index (χ4v) is 3.10. The predicted molar refractivity (Wildman–Crippen MR) is 88.4 cm³/mol. The van der Waals surface area contributed by atoms with Gasteiger partial charge in [-0.2, -0.15) is 5.10 Å². The number of rotatable bonds is 3. The van der Waals surface area contributed by atoms with Gasteiger partial charge in [-0.3, -0.25) is 4.90 Å². The Hall–Kier alpha value is -1.95. The van der Waals surface area contributed by atoms with Gasteiger partial charge >= 0.3 is 0 Å². The summed E-state index contributed by atoms with van der Waals surface area (Å²) in [4.78, 5) is 6.63. The Bertz CT molecular complexity index is 802. The molecule has 0 radical (unpaired) electrons. The molecule has 1 fully saturated rings. The highest BCUT2D eigenvalue weighted by Gasteiger charge is 2.22. The van der Waals surface area contributed by atoms with E-state index in [2.05, 4.69) is 21.0 Å². The SMILES string of the molecule is Clc1ccc(C2CN(Cc3cccc4ncnn34)CCO2)cc1. The third kappa shape index (κ3) is 3.08. The second-order valence-electron chi connectivity index (χ2n) is 5.69. The molecule has 5 nitrogen and oxygen atoms in total. The van der Waals surface area contributed by atoms with Gasteiger partial charge in [-0.05, 0) is 29.8 Å². The number of aromatic nitrogens is 3. The number of benzene rings is 1. The second-order valence-corrected chi connectivity index (χ2v) is 6.13. The van der Waals surface area contributed by atoms with Crippen LogP contribution >= 0.6 is 11.6 Å². The van der Waals surface area contributed by atoms with E-state index in [0.717, 1.165) is 48.2 Å². The molecule has 6 heteroatoms. The summed E-state index contributed by atoms with van der Waals surface area (Å²) in [6, 6.07) is 14.0. The van der Waals surface area contributed by atoms with Crippen molar-refractivity contribution in [1.82, 2.24) is 19.5 Å². The Kier molecular flexibility index (Phi) is 3.99. The first kappa shape index (κ1) is 14.6. The number of fused-ring (bicyclic) bond motifs is 1. The number of halogens is 1. The minimum Gasteiger partial charge on any atom is -0.371 e. The molecule has 1 atom stereocenters. The standard InChI is InChI=1S/C17H17ClN4O/c18-14-6-4-13(5-7-14)16-11-21(8-9-23-16)10-15-2-1-3-17-19-12-20-22(15)17/h1-7,12,16H,8-11H2. The lowest BCUT2D eigenvalue weighted by molar-refractivity contribution is -0.0334. The third-order valence-corrected chi connectivity index (χ3v) is 4.41. The van der Waals surface area contributed by atoms with Crippen molar-refractivity contribution in [2.24, 2.45) is 0 Å². The van der Waals surface area contributed by atoms with E-state index in [0.29, 0.717) is 0 Å². The number of hydrogen-bond donors (Lipinski definition) is 0. The number of morpholine rings is 1. The summed E-state index contributed by atoms with van der Waals surface area (Å²) < 4.78 is 7.82. The first-order chi connectivity index (χ1) is 11.3. The van der Waals surface area contributed by atoms with Crippen LogP contribution in [0.5, 0.6) is 0 Å². The maximum absolute atomic E-state index is 5.96. The molecule has 1 aromatic carbocycles. The minimum absolute atomic E-state index is 0.0796. The average molecular weight is 329 g/mol. The molecule has 0 saturated carbocycles. The first-order valence-corrected chi connectivity index (χ1v) is 8.04. The summed E-state index contributed by atoms with van der Waals surface area (Å²) in [6.45, 7) is 3.32. The number of pyridine rings is 1. The largest absolute Gasteiger partial charge is 0.371 e. The Balaban J connectivity index is 1.51. The zero-order chi connectivity index (χ0) is 15.6. The van der Waals surface area contributed by atoms with Crippen LogP contribution < -0.4 is 0 Å². The highest BCUT2D eigenvalue weighted by atomic mass is 35.5. The molecule has 1 unspecified atom stereocenters. The van der Waals surface area contributed by atoms with Gasteiger partial charge in [0.25, 0.3) is 0 Å². The molecular weight excluding hydrogens is 312 g/mol. The lowest BCUT2D eigenvalue weighted by atomic mass is 10.1. The molecule has 118 valence electrons. The highest BCUT2D eigenvalue weighted by Crippen LogP contribution is 2.24. The van der Waals surface area contributed by atoms with Gasteiger partial charge in [0.2, 0.25) is 0 Å². The van der Waals surface area contributed by atoms with Crippen LogP contribution in [0.4, 0.5) is 0 Å². The summed E-state index contributed by atoms with van der Waals surface area (Å²) in [5, 5.41) is 5.05. The van der Waals surface area contributed by atoms with E-state index in [9.17, 15) is 0 Å². The second kappa shape index (κ2) is 6.28. The van der Waals surface area contributed by atoms with Gasteiger partial charge < -0.3 is 4.74 Å². The summed E-state index contributed by atoms with van der Waals surface area (Å²) in [5.74, 6) is 0. The molecule has 0 aliphatic carbocycles. The van der Waals surface area contributed by atoms with Crippen LogP contribution in [0.15, 0.2) is 48.8 Å². The van der Waals surface area contributed by atoms with Crippen molar-refractivity contribution in [3.05, 3.63) is 65.1 Å². The Morgan fingerprint density at radius 2 is 2.04 bits per heavy atom. The molecule has 3 heterocycles. The monoisotopic (exact) mass is 328 g/mol. The molecule has 0 N–H and O–H groups in total. The molecular formula is C17H17ClN4O. The van der Waals surface area contributed by atoms with Gasteiger partial charge in [0.05, 0.1) is 18.4 Å². The summed E-state index contributed by atoms with van der Waals surface area (Å²) in [5.41, 5.74) is 3.18. The number of hydrogen-bond acceptors (Lipinski definition) is 4.